The zero-order chi connectivity index (χ0) is 14.8. The van der Waals surface area contributed by atoms with Gasteiger partial charge in [-0.3, -0.25) is 0 Å². The normalized spacial score (nSPS) is 11.5. The molecule has 0 fully saturated rings. The van der Waals surface area contributed by atoms with Crippen molar-refractivity contribution in [3.63, 3.8) is 0 Å². The minimum Gasteiger partial charge on any atom is -0.397 e. The molecule has 108 valence electrons. The van der Waals surface area contributed by atoms with Gasteiger partial charge in [-0.15, -0.1) is 11.3 Å². The lowest BCUT2D eigenvalue weighted by Gasteiger charge is -2.11. The molecule has 2 aromatic rings. The molecular formula is C12H14BrN3O2S2. The molecule has 0 amide bonds. The van der Waals surface area contributed by atoms with Crippen LogP contribution in [0.25, 0.3) is 0 Å². The third kappa shape index (κ3) is 3.32. The number of hydrogen-bond donors (Lipinski definition) is 3. The highest BCUT2D eigenvalue weighted by molar-refractivity contribution is 9.10. The van der Waals surface area contributed by atoms with E-state index in [2.05, 4.69) is 26.0 Å². The molecule has 4 N–H and O–H groups in total. The quantitative estimate of drug-likeness (QED) is 0.701. The van der Waals surface area contributed by atoms with E-state index in [1.807, 2.05) is 11.4 Å². The van der Waals surface area contributed by atoms with Gasteiger partial charge in [-0.1, -0.05) is 0 Å². The Bertz CT molecular complexity index is 713. The predicted molar refractivity (Wildman–Crippen MR) is 86.4 cm³/mol. The smallest absolute Gasteiger partial charge is 0.240 e. The minimum absolute atomic E-state index is 0.182. The first-order valence-corrected chi connectivity index (χ1v) is 8.88. The van der Waals surface area contributed by atoms with E-state index >= 15 is 0 Å². The second kappa shape index (κ2) is 6.13. The number of benzene rings is 1. The van der Waals surface area contributed by atoms with Gasteiger partial charge in [-0.25, -0.2) is 13.1 Å². The van der Waals surface area contributed by atoms with Crippen LogP contribution in [0, 0.1) is 0 Å². The molecule has 0 bridgehead atoms. The molecule has 8 heteroatoms. The van der Waals surface area contributed by atoms with Crippen LogP contribution in [0.5, 0.6) is 0 Å². The van der Waals surface area contributed by atoms with Gasteiger partial charge >= 0.3 is 0 Å². The fraction of sp³-hybridized carbons (Fsp3) is 0.167. The third-order valence-electron chi connectivity index (χ3n) is 2.73. The van der Waals surface area contributed by atoms with Gasteiger partial charge < -0.3 is 11.1 Å². The number of nitrogens with two attached hydrogens (primary N) is 1. The molecular weight excluding hydrogens is 362 g/mol. The van der Waals surface area contributed by atoms with E-state index in [-0.39, 0.29) is 4.90 Å². The van der Waals surface area contributed by atoms with E-state index in [1.165, 1.54) is 19.2 Å². The van der Waals surface area contributed by atoms with Crippen molar-refractivity contribution in [1.82, 2.24) is 4.72 Å². The Hall–Kier alpha value is -1.09. The largest absolute Gasteiger partial charge is 0.397 e. The van der Waals surface area contributed by atoms with Gasteiger partial charge in [-0.2, -0.15) is 0 Å². The molecule has 0 atom stereocenters. The number of halogens is 1. The summed E-state index contributed by atoms with van der Waals surface area (Å²) in [4.78, 5) is 1.30. The molecule has 0 aliphatic carbocycles. The first kappa shape index (κ1) is 15.3. The average Bonchev–Trinajstić information content (AvgIpc) is 2.83. The Morgan fingerprint density at radius 2 is 2.10 bits per heavy atom. The SMILES string of the molecule is CNS(=O)(=O)c1ccc(N)c(NCc2sccc2Br)c1. The maximum absolute atomic E-state index is 11.8. The topological polar surface area (TPSA) is 84.2 Å². The number of nitrogen functional groups attached to an aromatic ring is 1. The Morgan fingerprint density at radius 1 is 1.35 bits per heavy atom. The van der Waals surface area contributed by atoms with Gasteiger partial charge in [0, 0.05) is 9.35 Å². The molecule has 0 saturated carbocycles. The summed E-state index contributed by atoms with van der Waals surface area (Å²) < 4.78 is 26.8. The third-order valence-corrected chi connectivity index (χ3v) is 6.07. The summed E-state index contributed by atoms with van der Waals surface area (Å²) in [5.41, 5.74) is 6.97. The van der Waals surface area contributed by atoms with E-state index in [4.69, 9.17) is 5.73 Å². The second-order valence-corrected chi connectivity index (χ2v) is 7.74. The van der Waals surface area contributed by atoms with Crippen LogP contribution in [-0.2, 0) is 16.6 Å². The molecule has 1 heterocycles. The molecule has 1 aromatic carbocycles. The van der Waals surface area contributed by atoms with Crippen LogP contribution in [0.3, 0.4) is 0 Å². The van der Waals surface area contributed by atoms with Crippen LogP contribution in [0.4, 0.5) is 11.4 Å². The van der Waals surface area contributed by atoms with Gasteiger partial charge in [0.25, 0.3) is 0 Å². The molecule has 0 aliphatic heterocycles. The van der Waals surface area contributed by atoms with Crippen molar-refractivity contribution in [1.29, 1.82) is 0 Å². The lowest BCUT2D eigenvalue weighted by atomic mass is 10.2. The molecule has 1 aromatic heterocycles. The van der Waals surface area contributed by atoms with Crippen molar-refractivity contribution < 1.29 is 8.42 Å². The highest BCUT2D eigenvalue weighted by atomic mass is 79.9. The van der Waals surface area contributed by atoms with Crippen LogP contribution in [0.1, 0.15) is 4.88 Å². The zero-order valence-corrected chi connectivity index (χ0v) is 13.9. The number of rotatable bonds is 5. The summed E-state index contributed by atoms with van der Waals surface area (Å²) in [7, 11) is -2.09. The predicted octanol–water partition coefficient (Wildman–Crippen LogP) is 2.61. The highest BCUT2D eigenvalue weighted by Crippen LogP contribution is 2.27. The number of sulfonamides is 1. The highest BCUT2D eigenvalue weighted by Gasteiger charge is 2.13. The first-order valence-electron chi connectivity index (χ1n) is 5.73. The van der Waals surface area contributed by atoms with Crippen molar-refractivity contribution in [3.05, 3.63) is 39.0 Å². The first-order chi connectivity index (χ1) is 9.44. The Kier molecular flexibility index (Phi) is 4.69. The fourth-order valence-corrected chi connectivity index (χ4v) is 3.79. The minimum atomic E-state index is -3.47. The second-order valence-electron chi connectivity index (χ2n) is 4.00. The zero-order valence-electron chi connectivity index (χ0n) is 10.7. The lowest BCUT2D eigenvalue weighted by Crippen LogP contribution is -2.18. The number of thiophene rings is 1. The number of hydrogen-bond acceptors (Lipinski definition) is 5. The van der Waals surface area contributed by atoms with Gasteiger partial charge in [0.15, 0.2) is 0 Å². The van der Waals surface area contributed by atoms with Crippen molar-refractivity contribution in [2.75, 3.05) is 18.1 Å². The van der Waals surface area contributed by atoms with Crippen molar-refractivity contribution >= 4 is 48.7 Å². The van der Waals surface area contributed by atoms with E-state index in [0.29, 0.717) is 17.9 Å². The van der Waals surface area contributed by atoms with Gasteiger partial charge in [0.1, 0.15) is 0 Å². The van der Waals surface area contributed by atoms with E-state index in [1.54, 1.807) is 17.4 Å². The molecule has 20 heavy (non-hydrogen) atoms. The molecule has 0 spiro atoms. The van der Waals surface area contributed by atoms with Gasteiger partial charge in [0.05, 0.1) is 22.8 Å². The summed E-state index contributed by atoms with van der Waals surface area (Å²) in [5, 5.41) is 5.13. The van der Waals surface area contributed by atoms with E-state index < -0.39 is 10.0 Å². The molecule has 5 nitrogen and oxygen atoms in total. The summed E-state index contributed by atoms with van der Waals surface area (Å²) in [6.45, 7) is 0.575. The van der Waals surface area contributed by atoms with Crippen LogP contribution in [-0.4, -0.2) is 15.5 Å². The van der Waals surface area contributed by atoms with Crippen LogP contribution >= 0.6 is 27.3 Å². The van der Waals surface area contributed by atoms with Crippen molar-refractivity contribution in [3.8, 4) is 0 Å². The molecule has 0 radical (unpaired) electrons. The van der Waals surface area contributed by atoms with E-state index in [9.17, 15) is 8.42 Å². The summed E-state index contributed by atoms with van der Waals surface area (Å²) in [6, 6.07) is 6.55. The van der Waals surface area contributed by atoms with Crippen LogP contribution in [0.2, 0.25) is 0 Å². The Morgan fingerprint density at radius 3 is 2.70 bits per heavy atom. The van der Waals surface area contributed by atoms with Gasteiger partial charge in [-0.05, 0) is 52.6 Å². The maximum atomic E-state index is 11.8. The van der Waals surface area contributed by atoms with E-state index in [0.717, 1.165) is 9.35 Å². The molecule has 0 saturated heterocycles. The van der Waals surface area contributed by atoms with Crippen molar-refractivity contribution in [2.45, 2.75) is 11.4 Å². The summed E-state index contributed by atoms with van der Waals surface area (Å²) >= 11 is 5.06. The summed E-state index contributed by atoms with van der Waals surface area (Å²) in [5.74, 6) is 0. The maximum Gasteiger partial charge on any atom is 0.240 e. The van der Waals surface area contributed by atoms with Crippen LogP contribution in [0.15, 0.2) is 39.0 Å². The molecule has 0 unspecified atom stereocenters. The summed E-state index contributed by atoms with van der Waals surface area (Å²) in [6.07, 6.45) is 0. The van der Waals surface area contributed by atoms with Crippen molar-refractivity contribution in [2.24, 2.45) is 0 Å². The number of nitrogens with one attached hydrogen (secondary N) is 2. The standard InChI is InChI=1S/C12H14BrN3O2S2/c1-15-20(17,18)8-2-3-10(14)11(6-8)16-7-12-9(13)4-5-19-12/h2-6,15-16H,7,14H2,1H3. The Balaban J connectivity index is 2.24. The Labute approximate surface area is 130 Å². The lowest BCUT2D eigenvalue weighted by molar-refractivity contribution is 0.588. The molecule has 0 aliphatic rings. The fourth-order valence-electron chi connectivity index (χ4n) is 1.60. The number of anilines is 2. The monoisotopic (exact) mass is 375 g/mol. The van der Waals surface area contributed by atoms with Crippen LogP contribution < -0.4 is 15.8 Å². The molecule has 2 rings (SSSR count). The average molecular weight is 376 g/mol. The van der Waals surface area contributed by atoms with Gasteiger partial charge in [0.2, 0.25) is 10.0 Å².